The first-order valence-corrected chi connectivity index (χ1v) is 5.45. The lowest BCUT2D eigenvalue weighted by Gasteiger charge is -2.22. The molecule has 0 amide bonds. The van der Waals surface area contributed by atoms with E-state index in [-0.39, 0.29) is 11.9 Å². The van der Waals surface area contributed by atoms with Gasteiger partial charge in [0.2, 0.25) is 0 Å². The van der Waals surface area contributed by atoms with Gasteiger partial charge in [0.1, 0.15) is 5.82 Å². The van der Waals surface area contributed by atoms with Crippen LogP contribution < -0.4 is 0 Å². The van der Waals surface area contributed by atoms with Crippen LogP contribution in [0.25, 0.3) is 0 Å². The second-order valence-electron chi connectivity index (χ2n) is 4.03. The predicted octanol–water partition coefficient (Wildman–Crippen LogP) is 2.60. The van der Waals surface area contributed by atoms with Crippen molar-refractivity contribution in [2.45, 2.75) is 25.8 Å². The first kappa shape index (κ1) is 12.7. The molecule has 0 radical (unpaired) electrons. The Morgan fingerprint density at radius 3 is 2.75 bits per heavy atom. The number of hydrogen-bond acceptors (Lipinski definition) is 2. The third-order valence-corrected chi connectivity index (χ3v) is 2.83. The van der Waals surface area contributed by atoms with Crippen molar-refractivity contribution in [2.24, 2.45) is 0 Å². The van der Waals surface area contributed by atoms with Gasteiger partial charge in [-0.1, -0.05) is 18.2 Å². The molecule has 0 fully saturated rings. The molecule has 1 atom stereocenters. The Balaban J connectivity index is 2.46. The summed E-state index contributed by atoms with van der Waals surface area (Å²) in [5.41, 5.74) is 0.735. The molecule has 0 spiro atoms. The Morgan fingerprint density at radius 1 is 1.44 bits per heavy atom. The van der Waals surface area contributed by atoms with Gasteiger partial charge in [0.15, 0.2) is 0 Å². The molecule has 0 bridgehead atoms. The van der Waals surface area contributed by atoms with Gasteiger partial charge >= 0.3 is 0 Å². The molecular weight excluding hydrogens is 203 g/mol. The average molecular weight is 220 g/mol. The van der Waals surface area contributed by atoms with Crippen molar-refractivity contribution < 1.29 is 4.39 Å². The Labute approximate surface area is 96.3 Å². The zero-order valence-corrected chi connectivity index (χ0v) is 9.78. The van der Waals surface area contributed by atoms with E-state index in [4.69, 9.17) is 5.26 Å². The minimum atomic E-state index is -0.149. The molecule has 0 saturated heterocycles. The number of rotatable bonds is 5. The number of likely N-dealkylation sites (N-methyl/N-ethyl adjacent to an activating group) is 1. The summed E-state index contributed by atoms with van der Waals surface area (Å²) in [6.07, 6.45) is 1.19. The molecule has 0 saturated carbocycles. The molecule has 0 N–H and O–H groups in total. The molecule has 0 heterocycles. The van der Waals surface area contributed by atoms with Crippen LogP contribution in [-0.2, 0) is 6.42 Å². The van der Waals surface area contributed by atoms with Gasteiger partial charge < -0.3 is 4.90 Å². The third kappa shape index (κ3) is 3.63. The zero-order valence-electron chi connectivity index (χ0n) is 9.78. The molecule has 1 aromatic carbocycles. The molecule has 2 nitrogen and oxygen atoms in total. The minimum absolute atomic E-state index is 0.149. The van der Waals surface area contributed by atoms with Crippen molar-refractivity contribution in [1.82, 2.24) is 4.90 Å². The van der Waals surface area contributed by atoms with Crippen molar-refractivity contribution in [2.75, 3.05) is 13.6 Å². The zero-order chi connectivity index (χ0) is 12.0. The molecule has 1 unspecified atom stereocenters. The SMILES string of the molecule is CC(CC#N)N(C)CCc1ccccc1F. The normalized spacial score (nSPS) is 12.4. The lowest BCUT2D eigenvalue weighted by atomic mass is 10.1. The van der Waals surface area contributed by atoms with Gasteiger partial charge in [0, 0.05) is 12.6 Å². The van der Waals surface area contributed by atoms with Crippen LogP contribution in [0.5, 0.6) is 0 Å². The van der Waals surface area contributed by atoms with E-state index in [9.17, 15) is 4.39 Å². The van der Waals surface area contributed by atoms with E-state index in [1.54, 1.807) is 12.1 Å². The van der Waals surface area contributed by atoms with Crippen LogP contribution in [0.15, 0.2) is 24.3 Å². The molecule has 16 heavy (non-hydrogen) atoms. The fraction of sp³-hybridized carbons (Fsp3) is 0.462. The van der Waals surface area contributed by atoms with Crippen molar-refractivity contribution in [3.63, 3.8) is 0 Å². The van der Waals surface area contributed by atoms with Crippen LogP contribution >= 0.6 is 0 Å². The monoisotopic (exact) mass is 220 g/mol. The molecule has 0 aliphatic carbocycles. The van der Waals surface area contributed by atoms with E-state index < -0.39 is 0 Å². The second-order valence-corrected chi connectivity index (χ2v) is 4.03. The Kier molecular flexibility index (Phi) is 4.94. The highest BCUT2D eigenvalue weighted by molar-refractivity contribution is 5.17. The summed E-state index contributed by atoms with van der Waals surface area (Å²) in [4.78, 5) is 2.08. The topological polar surface area (TPSA) is 27.0 Å². The van der Waals surface area contributed by atoms with Gasteiger partial charge in [0.25, 0.3) is 0 Å². The smallest absolute Gasteiger partial charge is 0.126 e. The van der Waals surface area contributed by atoms with E-state index in [1.807, 2.05) is 20.0 Å². The first-order valence-electron chi connectivity index (χ1n) is 5.45. The Morgan fingerprint density at radius 2 is 2.12 bits per heavy atom. The lowest BCUT2D eigenvalue weighted by molar-refractivity contribution is 0.263. The number of nitriles is 1. The van der Waals surface area contributed by atoms with Gasteiger partial charge in [-0.25, -0.2) is 4.39 Å². The summed E-state index contributed by atoms with van der Waals surface area (Å²) in [6.45, 7) is 2.77. The van der Waals surface area contributed by atoms with Crippen molar-refractivity contribution >= 4 is 0 Å². The fourth-order valence-corrected chi connectivity index (χ4v) is 1.51. The maximum Gasteiger partial charge on any atom is 0.126 e. The maximum atomic E-state index is 13.3. The van der Waals surface area contributed by atoms with Crippen molar-refractivity contribution in [3.8, 4) is 6.07 Å². The number of halogens is 1. The summed E-state index contributed by atoms with van der Waals surface area (Å²) in [5, 5.41) is 8.58. The van der Waals surface area contributed by atoms with E-state index in [2.05, 4.69) is 11.0 Å². The molecule has 3 heteroatoms. The summed E-state index contributed by atoms with van der Waals surface area (Å²) < 4.78 is 13.3. The predicted molar refractivity (Wildman–Crippen MR) is 62.4 cm³/mol. The quantitative estimate of drug-likeness (QED) is 0.762. The van der Waals surface area contributed by atoms with Gasteiger partial charge in [-0.15, -0.1) is 0 Å². The van der Waals surface area contributed by atoms with Crippen molar-refractivity contribution in [3.05, 3.63) is 35.6 Å². The maximum absolute atomic E-state index is 13.3. The summed E-state index contributed by atoms with van der Waals surface area (Å²) in [7, 11) is 1.96. The van der Waals surface area contributed by atoms with Crippen LogP contribution in [0.1, 0.15) is 18.9 Å². The third-order valence-electron chi connectivity index (χ3n) is 2.83. The van der Waals surface area contributed by atoms with Crippen molar-refractivity contribution in [1.29, 1.82) is 5.26 Å². The highest BCUT2D eigenvalue weighted by Gasteiger charge is 2.09. The molecule has 1 aromatic rings. The summed E-state index contributed by atoms with van der Waals surface area (Å²) in [6, 6.07) is 9.18. The largest absolute Gasteiger partial charge is 0.302 e. The van der Waals surface area contributed by atoms with E-state index in [1.165, 1.54) is 6.07 Å². The fourth-order valence-electron chi connectivity index (χ4n) is 1.51. The standard InChI is InChI=1S/C13H17FN2/c1-11(7-9-15)16(2)10-8-12-5-3-4-6-13(12)14/h3-6,11H,7-8,10H2,1-2H3. The summed E-state index contributed by atoms with van der Waals surface area (Å²) >= 11 is 0. The number of nitrogens with zero attached hydrogens (tertiary/aromatic N) is 2. The van der Waals surface area contributed by atoms with Gasteiger partial charge in [-0.05, 0) is 32.0 Å². The molecule has 86 valence electrons. The van der Waals surface area contributed by atoms with Gasteiger partial charge in [-0.2, -0.15) is 5.26 Å². The van der Waals surface area contributed by atoms with Crippen LogP contribution in [0.4, 0.5) is 4.39 Å². The van der Waals surface area contributed by atoms with Crippen LogP contribution in [0, 0.1) is 17.1 Å². The molecule has 0 aliphatic rings. The molecule has 0 aromatic heterocycles. The lowest BCUT2D eigenvalue weighted by Crippen LogP contribution is -2.30. The average Bonchev–Trinajstić information content (AvgIpc) is 2.28. The van der Waals surface area contributed by atoms with Gasteiger partial charge in [-0.3, -0.25) is 0 Å². The number of hydrogen-bond donors (Lipinski definition) is 0. The van der Waals surface area contributed by atoms with E-state index >= 15 is 0 Å². The Hall–Kier alpha value is -1.40. The van der Waals surface area contributed by atoms with Gasteiger partial charge in [0.05, 0.1) is 12.5 Å². The highest BCUT2D eigenvalue weighted by Crippen LogP contribution is 2.09. The van der Waals surface area contributed by atoms with Crippen LogP contribution in [-0.4, -0.2) is 24.5 Å². The summed E-state index contributed by atoms with van der Waals surface area (Å²) in [5.74, 6) is -0.149. The minimum Gasteiger partial charge on any atom is -0.302 e. The van der Waals surface area contributed by atoms with E-state index in [0.717, 1.165) is 12.1 Å². The first-order chi connectivity index (χ1) is 7.65. The highest BCUT2D eigenvalue weighted by atomic mass is 19.1. The van der Waals surface area contributed by atoms with E-state index in [0.29, 0.717) is 12.8 Å². The number of benzene rings is 1. The van der Waals surface area contributed by atoms with Crippen LogP contribution in [0.3, 0.4) is 0 Å². The Bertz CT molecular complexity index is 370. The molecular formula is C13H17FN2. The second kappa shape index (κ2) is 6.24. The molecule has 1 rings (SSSR count). The van der Waals surface area contributed by atoms with Crippen LogP contribution in [0.2, 0.25) is 0 Å². The molecule has 0 aliphatic heterocycles.